The molecule has 29 heavy (non-hydrogen) atoms. The number of benzene rings is 2. The summed E-state index contributed by atoms with van der Waals surface area (Å²) in [5.74, 6) is 0.225. The van der Waals surface area contributed by atoms with Crippen molar-refractivity contribution in [2.45, 2.75) is 32.7 Å². The van der Waals surface area contributed by atoms with Gasteiger partial charge in [0.25, 0.3) is 0 Å². The van der Waals surface area contributed by atoms with Crippen LogP contribution < -0.4 is 4.74 Å². The summed E-state index contributed by atoms with van der Waals surface area (Å²) < 4.78 is 10.5. The SMILES string of the molecule is CCOC(=O)C1/C=C(/c2ccccc2)N(Cc2ccc(OC)cc2)C(=O)CCC1. The molecule has 0 spiro atoms. The van der Waals surface area contributed by atoms with Gasteiger partial charge in [-0.05, 0) is 49.1 Å². The zero-order valence-corrected chi connectivity index (χ0v) is 17.0. The monoisotopic (exact) mass is 393 g/mol. The summed E-state index contributed by atoms with van der Waals surface area (Å²) >= 11 is 0. The molecule has 1 amide bonds. The van der Waals surface area contributed by atoms with E-state index >= 15 is 0 Å². The average Bonchev–Trinajstić information content (AvgIpc) is 2.74. The van der Waals surface area contributed by atoms with Gasteiger partial charge >= 0.3 is 5.97 Å². The van der Waals surface area contributed by atoms with Gasteiger partial charge in [-0.15, -0.1) is 0 Å². The molecule has 0 saturated heterocycles. The summed E-state index contributed by atoms with van der Waals surface area (Å²) in [6.45, 7) is 2.58. The number of hydrogen-bond donors (Lipinski definition) is 0. The number of amides is 1. The molecule has 1 heterocycles. The van der Waals surface area contributed by atoms with Crippen molar-refractivity contribution >= 4 is 17.6 Å². The maximum atomic E-state index is 13.0. The molecular formula is C24H27NO4. The zero-order chi connectivity index (χ0) is 20.6. The van der Waals surface area contributed by atoms with Crippen molar-refractivity contribution in [3.05, 3.63) is 71.8 Å². The Morgan fingerprint density at radius 1 is 1.10 bits per heavy atom. The number of methoxy groups -OCH3 is 1. The van der Waals surface area contributed by atoms with E-state index in [4.69, 9.17) is 9.47 Å². The van der Waals surface area contributed by atoms with Gasteiger partial charge in [0.15, 0.2) is 0 Å². The Hall–Kier alpha value is -3.08. The molecule has 2 aromatic carbocycles. The molecule has 152 valence electrons. The van der Waals surface area contributed by atoms with E-state index in [0.29, 0.717) is 32.4 Å². The highest BCUT2D eigenvalue weighted by Crippen LogP contribution is 2.29. The number of carbonyl (C=O) groups is 2. The van der Waals surface area contributed by atoms with Gasteiger partial charge in [0, 0.05) is 12.1 Å². The lowest BCUT2D eigenvalue weighted by Crippen LogP contribution is -2.32. The van der Waals surface area contributed by atoms with Gasteiger partial charge in [-0.2, -0.15) is 0 Å². The van der Waals surface area contributed by atoms with Crippen LogP contribution in [0.25, 0.3) is 5.70 Å². The number of hydrogen-bond acceptors (Lipinski definition) is 4. The second-order valence-electron chi connectivity index (χ2n) is 7.00. The van der Waals surface area contributed by atoms with E-state index < -0.39 is 0 Å². The van der Waals surface area contributed by atoms with Gasteiger partial charge in [0.05, 0.1) is 26.2 Å². The molecule has 0 bridgehead atoms. The number of carbonyl (C=O) groups excluding carboxylic acids is 2. The van der Waals surface area contributed by atoms with Gasteiger partial charge in [-0.1, -0.05) is 42.5 Å². The first kappa shape index (κ1) is 20.6. The third-order valence-corrected chi connectivity index (χ3v) is 5.02. The Kier molecular flexibility index (Phi) is 7.06. The maximum absolute atomic E-state index is 13.0. The Morgan fingerprint density at radius 2 is 1.83 bits per heavy atom. The molecule has 3 rings (SSSR count). The summed E-state index contributed by atoms with van der Waals surface area (Å²) in [4.78, 5) is 27.3. The predicted octanol–water partition coefficient (Wildman–Crippen LogP) is 4.43. The van der Waals surface area contributed by atoms with Crippen molar-refractivity contribution in [2.75, 3.05) is 13.7 Å². The highest BCUT2D eigenvalue weighted by Gasteiger charge is 2.27. The van der Waals surface area contributed by atoms with E-state index in [9.17, 15) is 9.59 Å². The second-order valence-corrected chi connectivity index (χ2v) is 7.00. The zero-order valence-electron chi connectivity index (χ0n) is 17.0. The van der Waals surface area contributed by atoms with Gasteiger partial charge in [-0.3, -0.25) is 9.59 Å². The Bertz CT molecular complexity index is 858. The van der Waals surface area contributed by atoms with Gasteiger partial charge in [-0.25, -0.2) is 0 Å². The van der Waals surface area contributed by atoms with E-state index in [1.807, 2.05) is 67.6 Å². The Morgan fingerprint density at radius 3 is 2.48 bits per heavy atom. The lowest BCUT2D eigenvalue weighted by molar-refractivity contribution is -0.147. The number of nitrogens with zero attached hydrogens (tertiary/aromatic N) is 1. The van der Waals surface area contributed by atoms with Gasteiger partial charge in [0.1, 0.15) is 5.75 Å². The van der Waals surface area contributed by atoms with Gasteiger partial charge in [0.2, 0.25) is 5.91 Å². The molecule has 5 heteroatoms. The molecular weight excluding hydrogens is 366 g/mol. The van der Waals surface area contributed by atoms with E-state index in [1.165, 1.54) is 0 Å². The molecule has 2 aromatic rings. The van der Waals surface area contributed by atoms with Crippen molar-refractivity contribution < 1.29 is 19.1 Å². The fourth-order valence-electron chi connectivity index (χ4n) is 3.49. The van der Waals surface area contributed by atoms with Gasteiger partial charge < -0.3 is 14.4 Å². The molecule has 0 aliphatic carbocycles. The summed E-state index contributed by atoms with van der Waals surface area (Å²) in [6, 6.07) is 17.4. The fourth-order valence-corrected chi connectivity index (χ4v) is 3.49. The smallest absolute Gasteiger partial charge is 0.312 e. The minimum absolute atomic E-state index is 0.0539. The molecule has 0 fully saturated rings. The van der Waals surface area contributed by atoms with E-state index in [-0.39, 0.29) is 17.8 Å². The first-order chi connectivity index (χ1) is 14.1. The van der Waals surface area contributed by atoms with Crippen LogP contribution in [0.1, 0.15) is 37.3 Å². The van der Waals surface area contributed by atoms with Crippen LogP contribution in [0.5, 0.6) is 5.75 Å². The largest absolute Gasteiger partial charge is 0.497 e. The van der Waals surface area contributed by atoms with Crippen LogP contribution in [0.2, 0.25) is 0 Å². The van der Waals surface area contributed by atoms with E-state index in [0.717, 1.165) is 22.6 Å². The maximum Gasteiger partial charge on any atom is 0.312 e. The normalized spacial score (nSPS) is 19.0. The molecule has 1 atom stereocenters. The summed E-state index contributed by atoms with van der Waals surface area (Å²) in [5, 5.41) is 0. The van der Waals surface area contributed by atoms with Crippen molar-refractivity contribution in [2.24, 2.45) is 5.92 Å². The van der Waals surface area contributed by atoms with E-state index in [1.54, 1.807) is 12.0 Å². The van der Waals surface area contributed by atoms with Crippen molar-refractivity contribution in [1.82, 2.24) is 4.90 Å². The number of rotatable bonds is 6. The molecule has 5 nitrogen and oxygen atoms in total. The van der Waals surface area contributed by atoms with Crippen molar-refractivity contribution in [3.63, 3.8) is 0 Å². The van der Waals surface area contributed by atoms with Crippen LogP contribution in [-0.4, -0.2) is 30.5 Å². The van der Waals surface area contributed by atoms with Crippen LogP contribution in [0.15, 0.2) is 60.7 Å². The predicted molar refractivity (Wildman–Crippen MR) is 112 cm³/mol. The van der Waals surface area contributed by atoms with Crippen LogP contribution in [-0.2, 0) is 20.9 Å². The average molecular weight is 393 g/mol. The Labute approximate surface area is 171 Å². The quantitative estimate of drug-likeness (QED) is 0.682. The Balaban J connectivity index is 2.00. The molecule has 0 saturated carbocycles. The lowest BCUT2D eigenvalue weighted by atomic mass is 9.95. The fraction of sp³-hybridized carbons (Fsp3) is 0.333. The van der Waals surface area contributed by atoms with Crippen LogP contribution in [0, 0.1) is 5.92 Å². The second kappa shape index (κ2) is 9.92. The number of ether oxygens (including phenoxy) is 2. The highest BCUT2D eigenvalue weighted by molar-refractivity contribution is 5.89. The molecule has 1 aliphatic rings. The lowest BCUT2D eigenvalue weighted by Gasteiger charge is -2.29. The van der Waals surface area contributed by atoms with E-state index in [2.05, 4.69) is 0 Å². The highest BCUT2D eigenvalue weighted by atomic mass is 16.5. The van der Waals surface area contributed by atoms with Crippen LogP contribution >= 0.6 is 0 Å². The summed E-state index contributed by atoms with van der Waals surface area (Å²) in [6.07, 6.45) is 3.56. The van der Waals surface area contributed by atoms with Crippen LogP contribution in [0.3, 0.4) is 0 Å². The van der Waals surface area contributed by atoms with Crippen molar-refractivity contribution in [1.29, 1.82) is 0 Å². The van der Waals surface area contributed by atoms with Crippen molar-refractivity contribution in [3.8, 4) is 5.75 Å². The molecule has 0 N–H and O–H groups in total. The third-order valence-electron chi connectivity index (χ3n) is 5.02. The number of esters is 1. The molecule has 1 aliphatic heterocycles. The molecule has 0 aromatic heterocycles. The molecule has 0 radical (unpaired) electrons. The standard InChI is InChI=1S/C24H27NO4/c1-3-29-24(27)20-10-7-11-23(26)25(17-18-12-14-21(28-2)15-13-18)22(16-20)19-8-5-4-6-9-19/h4-6,8-9,12-16,20H,3,7,10-11,17H2,1-2H3/b22-16-. The topological polar surface area (TPSA) is 55.8 Å². The minimum Gasteiger partial charge on any atom is -0.497 e. The first-order valence-electron chi connectivity index (χ1n) is 9.99. The first-order valence-corrected chi connectivity index (χ1v) is 9.99. The minimum atomic E-state index is -0.364. The third kappa shape index (κ3) is 5.25. The summed E-state index contributed by atoms with van der Waals surface area (Å²) in [5.41, 5.74) is 2.66. The summed E-state index contributed by atoms with van der Waals surface area (Å²) in [7, 11) is 1.63. The molecule has 1 unspecified atom stereocenters. The van der Waals surface area contributed by atoms with Crippen LogP contribution in [0.4, 0.5) is 0 Å².